The fourth-order valence-corrected chi connectivity index (χ4v) is 2.53. The summed E-state index contributed by atoms with van der Waals surface area (Å²) in [5.41, 5.74) is 2.89. The SMILES string of the molecule is Cc1nc(-c2ccccc2)ncc1C(=O)NCc1ccccc1Cl. The van der Waals surface area contributed by atoms with Crippen molar-refractivity contribution in [1.82, 2.24) is 15.3 Å². The van der Waals surface area contributed by atoms with Crippen LogP contribution in [0.15, 0.2) is 60.8 Å². The normalized spacial score (nSPS) is 10.4. The lowest BCUT2D eigenvalue weighted by Gasteiger charge is -2.09. The summed E-state index contributed by atoms with van der Waals surface area (Å²) in [6.07, 6.45) is 1.56. The molecule has 0 spiro atoms. The molecule has 2 aromatic carbocycles. The van der Waals surface area contributed by atoms with Crippen LogP contribution in [0.3, 0.4) is 0 Å². The summed E-state index contributed by atoms with van der Waals surface area (Å²) in [6.45, 7) is 2.16. The van der Waals surface area contributed by atoms with Crippen molar-refractivity contribution in [2.45, 2.75) is 13.5 Å². The van der Waals surface area contributed by atoms with E-state index in [0.29, 0.717) is 28.6 Å². The van der Waals surface area contributed by atoms with Gasteiger partial charge >= 0.3 is 0 Å². The Hall–Kier alpha value is -2.72. The molecular weight excluding hydrogens is 322 g/mol. The largest absolute Gasteiger partial charge is 0.348 e. The third kappa shape index (κ3) is 3.60. The Labute approximate surface area is 145 Å². The van der Waals surface area contributed by atoms with Crippen LogP contribution in [0.1, 0.15) is 21.6 Å². The molecule has 0 aliphatic rings. The van der Waals surface area contributed by atoms with E-state index in [1.807, 2.05) is 48.5 Å². The van der Waals surface area contributed by atoms with Crippen LogP contribution in [0, 0.1) is 6.92 Å². The van der Waals surface area contributed by atoms with E-state index in [1.165, 1.54) is 0 Å². The molecule has 0 radical (unpaired) electrons. The third-order valence-corrected chi connectivity index (χ3v) is 4.02. The van der Waals surface area contributed by atoms with Crippen LogP contribution >= 0.6 is 11.6 Å². The van der Waals surface area contributed by atoms with E-state index in [2.05, 4.69) is 15.3 Å². The number of carbonyl (C=O) groups is 1. The van der Waals surface area contributed by atoms with Crippen LogP contribution in [-0.4, -0.2) is 15.9 Å². The van der Waals surface area contributed by atoms with Crippen molar-refractivity contribution in [1.29, 1.82) is 0 Å². The van der Waals surface area contributed by atoms with Crippen molar-refractivity contribution in [3.63, 3.8) is 0 Å². The van der Waals surface area contributed by atoms with E-state index in [4.69, 9.17) is 11.6 Å². The molecule has 4 nitrogen and oxygen atoms in total. The number of amides is 1. The van der Waals surface area contributed by atoms with Crippen molar-refractivity contribution < 1.29 is 4.79 Å². The molecule has 24 heavy (non-hydrogen) atoms. The van der Waals surface area contributed by atoms with Crippen molar-refractivity contribution in [3.8, 4) is 11.4 Å². The van der Waals surface area contributed by atoms with Gasteiger partial charge in [0, 0.05) is 23.3 Å². The van der Waals surface area contributed by atoms with Gasteiger partial charge < -0.3 is 5.32 Å². The molecular formula is C19H16ClN3O. The zero-order valence-electron chi connectivity index (χ0n) is 13.2. The predicted octanol–water partition coefficient (Wildman–Crippen LogP) is 4.04. The van der Waals surface area contributed by atoms with E-state index in [9.17, 15) is 4.79 Å². The second-order valence-corrected chi connectivity index (χ2v) is 5.74. The van der Waals surface area contributed by atoms with Crippen LogP contribution in [0.2, 0.25) is 5.02 Å². The maximum absolute atomic E-state index is 12.4. The first kappa shape index (κ1) is 16.1. The lowest BCUT2D eigenvalue weighted by Crippen LogP contribution is -2.24. The first-order chi connectivity index (χ1) is 11.6. The van der Waals surface area contributed by atoms with Crippen LogP contribution in [0.5, 0.6) is 0 Å². The second kappa shape index (κ2) is 7.23. The highest BCUT2D eigenvalue weighted by Gasteiger charge is 2.12. The number of benzene rings is 2. The van der Waals surface area contributed by atoms with Gasteiger partial charge in [0.05, 0.1) is 11.3 Å². The molecule has 0 bridgehead atoms. The monoisotopic (exact) mass is 337 g/mol. The van der Waals surface area contributed by atoms with E-state index in [-0.39, 0.29) is 5.91 Å². The Bertz CT molecular complexity index is 865. The Balaban J connectivity index is 1.75. The van der Waals surface area contributed by atoms with Crippen LogP contribution in [-0.2, 0) is 6.54 Å². The molecule has 0 saturated carbocycles. The van der Waals surface area contributed by atoms with E-state index >= 15 is 0 Å². The molecule has 1 aromatic heterocycles. The summed E-state index contributed by atoms with van der Waals surface area (Å²) >= 11 is 6.10. The first-order valence-electron chi connectivity index (χ1n) is 7.56. The highest BCUT2D eigenvalue weighted by molar-refractivity contribution is 6.31. The average molecular weight is 338 g/mol. The van der Waals surface area contributed by atoms with Gasteiger partial charge in [-0.1, -0.05) is 60.1 Å². The van der Waals surface area contributed by atoms with Gasteiger partial charge in [-0.05, 0) is 18.6 Å². The van der Waals surface area contributed by atoms with E-state index in [0.717, 1.165) is 11.1 Å². The maximum atomic E-state index is 12.4. The number of halogens is 1. The fraction of sp³-hybridized carbons (Fsp3) is 0.105. The fourth-order valence-electron chi connectivity index (χ4n) is 2.33. The van der Waals surface area contributed by atoms with Gasteiger partial charge in [0.25, 0.3) is 5.91 Å². The topological polar surface area (TPSA) is 54.9 Å². The second-order valence-electron chi connectivity index (χ2n) is 5.33. The molecule has 0 atom stereocenters. The molecule has 5 heteroatoms. The highest BCUT2D eigenvalue weighted by atomic mass is 35.5. The van der Waals surface area contributed by atoms with Gasteiger partial charge in [-0.25, -0.2) is 9.97 Å². The predicted molar refractivity (Wildman–Crippen MR) is 94.8 cm³/mol. The quantitative estimate of drug-likeness (QED) is 0.781. The lowest BCUT2D eigenvalue weighted by molar-refractivity contribution is 0.0949. The Morgan fingerprint density at radius 1 is 1.08 bits per heavy atom. The van der Waals surface area contributed by atoms with Gasteiger partial charge in [-0.2, -0.15) is 0 Å². The summed E-state index contributed by atoms with van der Waals surface area (Å²) in [7, 11) is 0. The number of hydrogen-bond donors (Lipinski definition) is 1. The molecule has 0 unspecified atom stereocenters. The number of carbonyl (C=O) groups excluding carboxylic acids is 1. The van der Waals surface area contributed by atoms with Crippen molar-refractivity contribution in [2.75, 3.05) is 0 Å². The number of nitrogens with zero attached hydrogens (tertiary/aromatic N) is 2. The molecule has 0 aliphatic carbocycles. The van der Waals surface area contributed by atoms with Crippen LogP contribution in [0.4, 0.5) is 0 Å². The smallest absolute Gasteiger partial charge is 0.254 e. The third-order valence-electron chi connectivity index (χ3n) is 3.65. The summed E-state index contributed by atoms with van der Waals surface area (Å²) in [5.74, 6) is 0.391. The standard InChI is InChI=1S/C19H16ClN3O/c1-13-16(12-21-18(23-13)14-7-3-2-4-8-14)19(24)22-11-15-9-5-6-10-17(15)20/h2-10,12H,11H2,1H3,(H,22,24). The Morgan fingerprint density at radius 3 is 2.50 bits per heavy atom. The van der Waals surface area contributed by atoms with Gasteiger partial charge in [-0.3, -0.25) is 4.79 Å². The lowest BCUT2D eigenvalue weighted by atomic mass is 10.1. The molecule has 0 saturated heterocycles. The van der Waals surface area contributed by atoms with E-state index < -0.39 is 0 Å². The Morgan fingerprint density at radius 2 is 1.79 bits per heavy atom. The molecule has 1 heterocycles. The highest BCUT2D eigenvalue weighted by Crippen LogP contribution is 2.17. The molecule has 120 valence electrons. The summed E-state index contributed by atoms with van der Waals surface area (Å²) in [4.78, 5) is 21.1. The van der Waals surface area contributed by atoms with Crippen molar-refractivity contribution in [2.24, 2.45) is 0 Å². The van der Waals surface area contributed by atoms with Gasteiger partial charge in [0.2, 0.25) is 0 Å². The van der Waals surface area contributed by atoms with Gasteiger partial charge in [-0.15, -0.1) is 0 Å². The molecule has 3 rings (SSSR count). The Kier molecular flexibility index (Phi) is 4.87. The minimum atomic E-state index is -0.216. The maximum Gasteiger partial charge on any atom is 0.254 e. The number of aryl methyl sites for hydroxylation is 1. The number of hydrogen-bond acceptors (Lipinski definition) is 3. The van der Waals surface area contributed by atoms with Gasteiger partial charge in [0.1, 0.15) is 0 Å². The number of nitrogens with one attached hydrogen (secondary N) is 1. The number of rotatable bonds is 4. The van der Waals surface area contributed by atoms with Crippen molar-refractivity contribution >= 4 is 17.5 Å². The number of aromatic nitrogens is 2. The molecule has 1 N–H and O–H groups in total. The summed E-state index contributed by atoms with van der Waals surface area (Å²) in [6, 6.07) is 17.1. The molecule has 0 aliphatic heterocycles. The van der Waals surface area contributed by atoms with Crippen LogP contribution < -0.4 is 5.32 Å². The summed E-state index contributed by atoms with van der Waals surface area (Å²) < 4.78 is 0. The van der Waals surface area contributed by atoms with Crippen LogP contribution in [0.25, 0.3) is 11.4 Å². The minimum Gasteiger partial charge on any atom is -0.348 e. The zero-order valence-corrected chi connectivity index (χ0v) is 13.9. The average Bonchev–Trinajstić information content (AvgIpc) is 2.61. The molecule has 1 amide bonds. The molecule has 0 fully saturated rings. The summed E-state index contributed by atoms with van der Waals surface area (Å²) in [5, 5.41) is 3.48. The zero-order chi connectivity index (χ0) is 16.9. The van der Waals surface area contributed by atoms with Crippen molar-refractivity contribution in [3.05, 3.63) is 82.6 Å². The first-order valence-corrected chi connectivity index (χ1v) is 7.93. The minimum absolute atomic E-state index is 0.216. The van der Waals surface area contributed by atoms with E-state index in [1.54, 1.807) is 19.2 Å². The molecule has 3 aromatic rings. The van der Waals surface area contributed by atoms with Gasteiger partial charge in [0.15, 0.2) is 5.82 Å².